The Labute approximate surface area is 189 Å². The molecule has 1 fully saturated rings. The first-order chi connectivity index (χ1) is 15.4. The van der Waals surface area contributed by atoms with E-state index in [4.69, 9.17) is 0 Å². The Hall–Kier alpha value is -2.90. The van der Waals surface area contributed by atoms with E-state index >= 15 is 0 Å². The number of aromatic nitrogens is 1. The quantitative estimate of drug-likeness (QED) is 0.601. The van der Waals surface area contributed by atoms with Gasteiger partial charge in [-0.1, -0.05) is 12.5 Å². The van der Waals surface area contributed by atoms with E-state index in [0.717, 1.165) is 41.8 Å². The molecular weight excluding hydrogens is 422 g/mol. The third kappa shape index (κ3) is 3.65. The van der Waals surface area contributed by atoms with Crippen molar-refractivity contribution in [3.8, 4) is 5.69 Å². The topological polar surface area (TPSA) is 62.6 Å². The second-order valence-electron chi connectivity index (χ2n) is 8.55. The molecule has 32 heavy (non-hydrogen) atoms. The molecule has 166 valence electrons. The average molecular weight is 450 g/mol. The fraction of sp³-hybridized carbons (Fsp3) is 0.320. The van der Waals surface area contributed by atoms with Crippen LogP contribution < -0.4 is 4.90 Å². The Morgan fingerprint density at radius 3 is 2.38 bits per heavy atom. The molecular formula is C25H27N3O3S. The second kappa shape index (κ2) is 8.22. The number of aryl methyl sites for hydroxylation is 1. The molecule has 0 spiro atoms. The van der Waals surface area contributed by atoms with Crippen molar-refractivity contribution in [3.05, 3.63) is 77.6 Å². The summed E-state index contributed by atoms with van der Waals surface area (Å²) >= 11 is 0. The summed E-state index contributed by atoms with van der Waals surface area (Å²) in [6.07, 6.45) is 7.49. The zero-order valence-corrected chi connectivity index (χ0v) is 19.0. The maximum absolute atomic E-state index is 13.4. The molecule has 0 bridgehead atoms. The summed E-state index contributed by atoms with van der Waals surface area (Å²) in [4.78, 5) is 15.5. The fourth-order valence-electron chi connectivity index (χ4n) is 4.68. The van der Waals surface area contributed by atoms with Gasteiger partial charge in [0.15, 0.2) is 0 Å². The number of nitrogens with zero attached hydrogens (tertiary/aromatic N) is 3. The van der Waals surface area contributed by atoms with Crippen LogP contribution in [-0.2, 0) is 16.4 Å². The van der Waals surface area contributed by atoms with Gasteiger partial charge >= 0.3 is 0 Å². The fourth-order valence-corrected chi connectivity index (χ4v) is 6.24. The van der Waals surface area contributed by atoms with Crippen molar-refractivity contribution < 1.29 is 13.2 Å². The second-order valence-corrected chi connectivity index (χ2v) is 10.5. The smallest absolute Gasteiger partial charge is 0.258 e. The van der Waals surface area contributed by atoms with Gasteiger partial charge in [0.05, 0.1) is 4.90 Å². The van der Waals surface area contributed by atoms with Gasteiger partial charge in [0, 0.05) is 49.0 Å². The highest BCUT2D eigenvalue weighted by Gasteiger charge is 2.30. The maximum atomic E-state index is 13.4. The molecule has 0 atom stereocenters. The molecule has 3 aromatic rings. The van der Waals surface area contributed by atoms with Crippen LogP contribution in [0.5, 0.6) is 0 Å². The van der Waals surface area contributed by atoms with E-state index in [1.807, 2.05) is 54.2 Å². The highest BCUT2D eigenvalue weighted by atomic mass is 32.2. The van der Waals surface area contributed by atoms with Crippen LogP contribution in [0, 0.1) is 6.92 Å². The van der Waals surface area contributed by atoms with Crippen molar-refractivity contribution >= 4 is 21.6 Å². The summed E-state index contributed by atoms with van der Waals surface area (Å²) in [5.41, 5.74) is 4.40. The number of rotatable bonds is 4. The molecule has 2 aliphatic heterocycles. The number of carbonyl (C=O) groups excluding carboxylic acids is 1. The molecule has 0 radical (unpaired) electrons. The van der Waals surface area contributed by atoms with Crippen LogP contribution in [0.15, 0.2) is 65.8 Å². The molecule has 0 saturated carbocycles. The van der Waals surface area contributed by atoms with Crippen molar-refractivity contribution in [2.24, 2.45) is 0 Å². The average Bonchev–Trinajstić information content (AvgIpc) is 3.49. The SMILES string of the molecule is Cc1ccc(C(=O)N2CCc3cc(S(=O)(=O)N4CCCCC4)ccc32)cc1-n1cccc1. The number of piperidine rings is 1. The molecule has 0 N–H and O–H groups in total. The molecule has 0 aliphatic carbocycles. The lowest BCUT2D eigenvalue weighted by Crippen LogP contribution is -2.35. The van der Waals surface area contributed by atoms with E-state index in [-0.39, 0.29) is 5.91 Å². The number of hydrogen-bond donors (Lipinski definition) is 0. The third-order valence-corrected chi connectivity index (χ3v) is 8.38. The molecule has 5 rings (SSSR count). The van der Waals surface area contributed by atoms with Gasteiger partial charge in [-0.05, 0) is 79.8 Å². The Morgan fingerprint density at radius 1 is 0.875 bits per heavy atom. The Kier molecular flexibility index (Phi) is 5.39. The first-order valence-corrected chi connectivity index (χ1v) is 12.6. The Bertz CT molecular complexity index is 1260. The van der Waals surface area contributed by atoms with Crippen molar-refractivity contribution in [2.75, 3.05) is 24.5 Å². The van der Waals surface area contributed by atoms with Crippen LogP contribution >= 0.6 is 0 Å². The minimum Gasteiger partial charge on any atom is -0.324 e. The van der Waals surface area contributed by atoms with Gasteiger partial charge < -0.3 is 9.47 Å². The zero-order valence-electron chi connectivity index (χ0n) is 18.2. The van der Waals surface area contributed by atoms with Crippen molar-refractivity contribution in [1.29, 1.82) is 0 Å². The predicted octanol–water partition coefficient (Wildman–Crippen LogP) is 4.16. The van der Waals surface area contributed by atoms with Gasteiger partial charge in [0.2, 0.25) is 10.0 Å². The molecule has 3 heterocycles. The highest BCUT2D eigenvalue weighted by molar-refractivity contribution is 7.89. The number of carbonyl (C=O) groups is 1. The van der Waals surface area contributed by atoms with E-state index in [1.54, 1.807) is 27.4 Å². The van der Waals surface area contributed by atoms with E-state index in [2.05, 4.69) is 0 Å². The number of benzene rings is 2. The summed E-state index contributed by atoms with van der Waals surface area (Å²) in [6.45, 7) is 3.75. The molecule has 1 aromatic heterocycles. The number of sulfonamides is 1. The first kappa shape index (κ1) is 21.0. The van der Waals surface area contributed by atoms with Crippen LogP contribution in [0.4, 0.5) is 5.69 Å². The molecule has 2 aliphatic rings. The van der Waals surface area contributed by atoms with Crippen LogP contribution in [0.2, 0.25) is 0 Å². The van der Waals surface area contributed by atoms with Crippen LogP contribution in [0.1, 0.15) is 40.7 Å². The number of fused-ring (bicyclic) bond motifs is 1. The van der Waals surface area contributed by atoms with Gasteiger partial charge in [0.25, 0.3) is 5.91 Å². The minimum absolute atomic E-state index is 0.0659. The number of hydrogen-bond acceptors (Lipinski definition) is 3. The van der Waals surface area contributed by atoms with E-state index in [9.17, 15) is 13.2 Å². The minimum atomic E-state index is -3.48. The predicted molar refractivity (Wildman–Crippen MR) is 125 cm³/mol. The van der Waals surface area contributed by atoms with Gasteiger partial charge in [-0.25, -0.2) is 8.42 Å². The third-order valence-electron chi connectivity index (χ3n) is 6.48. The monoisotopic (exact) mass is 449 g/mol. The van der Waals surface area contributed by atoms with E-state index in [0.29, 0.717) is 36.5 Å². The maximum Gasteiger partial charge on any atom is 0.258 e. The van der Waals surface area contributed by atoms with Crippen molar-refractivity contribution in [1.82, 2.24) is 8.87 Å². The van der Waals surface area contributed by atoms with Crippen molar-refractivity contribution in [3.63, 3.8) is 0 Å². The zero-order chi connectivity index (χ0) is 22.3. The molecule has 2 aromatic carbocycles. The number of anilines is 1. The van der Waals surface area contributed by atoms with E-state index < -0.39 is 10.0 Å². The first-order valence-electron chi connectivity index (χ1n) is 11.1. The molecule has 0 unspecified atom stereocenters. The van der Waals surface area contributed by atoms with E-state index in [1.165, 1.54) is 0 Å². The summed E-state index contributed by atoms with van der Waals surface area (Å²) in [7, 11) is -3.48. The standard InChI is InChI=1S/C25H27N3O3S/c1-19-7-8-21(18-24(19)26-12-5-6-13-26)25(29)28-16-11-20-17-22(9-10-23(20)28)32(30,31)27-14-3-2-4-15-27/h5-10,12-13,17-18H,2-4,11,14-16H2,1H3. The summed E-state index contributed by atoms with van der Waals surface area (Å²) in [5.74, 6) is -0.0659. The molecule has 6 nitrogen and oxygen atoms in total. The van der Waals surface area contributed by atoms with Gasteiger partial charge in [-0.2, -0.15) is 4.31 Å². The van der Waals surface area contributed by atoms with Crippen LogP contribution in [0.25, 0.3) is 5.69 Å². The lowest BCUT2D eigenvalue weighted by Gasteiger charge is -2.26. The highest BCUT2D eigenvalue weighted by Crippen LogP contribution is 2.33. The summed E-state index contributed by atoms with van der Waals surface area (Å²) in [5, 5.41) is 0. The van der Waals surface area contributed by atoms with Gasteiger partial charge in [0.1, 0.15) is 0 Å². The van der Waals surface area contributed by atoms with Crippen molar-refractivity contribution in [2.45, 2.75) is 37.5 Å². The molecule has 1 amide bonds. The van der Waals surface area contributed by atoms with Gasteiger partial charge in [-0.15, -0.1) is 0 Å². The Morgan fingerprint density at radius 2 is 1.62 bits per heavy atom. The lowest BCUT2D eigenvalue weighted by molar-refractivity contribution is 0.0989. The largest absolute Gasteiger partial charge is 0.324 e. The summed E-state index contributed by atoms with van der Waals surface area (Å²) in [6, 6.07) is 14.9. The van der Waals surface area contributed by atoms with Crippen LogP contribution in [-0.4, -0.2) is 42.8 Å². The normalized spacial score (nSPS) is 16.8. The molecule has 1 saturated heterocycles. The van der Waals surface area contributed by atoms with Crippen LogP contribution in [0.3, 0.4) is 0 Å². The van der Waals surface area contributed by atoms with Gasteiger partial charge in [-0.3, -0.25) is 4.79 Å². The lowest BCUT2D eigenvalue weighted by atomic mass is 10.1. The molecule has 7 heteroatoms. The summed E-state index contributed by atoms with van der Waals surface area (Å²) < 4.78 is 29.7. The Balaban J connectivity index is 1.43. The number of amides is 1.